The number of amides is 1. The molecule has 0 radical (unpaired) electrons. The Hall–Kier alpha value is -2.33. The lowest BCUT2D eigenvalue weighted by molar-refractivity contribution is -0.123. The van der Waals surface area contributed by atoms with E-state index < -0.39 is 15.9 Å². The Labute approximate surface area is 206 Å². The van der Waals surface area contributed by atoms with Crippen LogP contribution >= 0.6 is 11.3 Å². The quantitative estimate of drug-likeness (QED) is 0.492. The smallest absolute Gasteiger partial charge is 0.243 e. The summed E-state index contributed by atoms with van der Waals surface area (Å²) in [5.74, 6) is -0.451. The molecule has 0 N–H and O–H groups in total. The molecule has 0 bridgehead atoms. The molecule has 1 unspecified atom stereocenters. The van der Waals surface area contributed by atoms with E-state index in [1.54, 1.807) is 35.2 Å². The summed E-state index contributed by atoms with van der Waals surface area (Å²) in [6.45, 7) is 5.91. The molecule has 34 heavy (non-hydrogen) atoms. The van der Waals surface area contributed by atoms with E-state index in [4.69, 9.17) is 4.98 Å². The van der Waals surface area contributed by atoms with Crippen molar-refractivity contribution < 1.29 is 13.2 Å². The zero-order chi connectivity index (χ0) is 24.5. The third-order valence-electron chi connectivity index (χ3n) is 6.31. The topological polar surface area (TPSA) is 73.8 Å². The van der Waals surface area contributed by atoms with Crippen molar-refractivity contribution in [2.45, 2.75) is 31.6 Å². The molecule has 1 aliphatic rings. The molecule has 1 saturated heterocycles. The summed E-state index contributed by atoms with van der Waals surface area (Å²) in [6, 6.07) is 12.6. The maximum Gasteiger partial charge on any atom is 0.243 e. The molecule has 1 fully saturated rings. The van der Waals surface area contributed by atoms with Gasteiger partial charge in [-0.1, -0.05) is 41.7 Å². The molecule has 0 saturated carbocycles. The van der Waals surface area contributed by atoms with Crippen LogP contribution in [-0.4, -0.2) is 68.8 Å². The molecule has 0 spiro atoms. The number of fused-ring (bicyclic) bond motifs is 1. The zero-order valence-corrected chi connectivity index (χ0v) is 21.8. The number of anilines is 1. The summed E-state index contributed by atoms with van der Waals surface area (Å²) in [7, 11) is 0.318. The Kier molecular flexibility index (Phi) is 7.37. The van der Waals surface area contributed by atoms with Gasteiger partial charge in [-0.15, -0.1) is 0 Å². The fourth-order valence-electron chi connectivity index (χ4n) is 4.29. The van der Waals surface area contributed by atoms with Crippen molar-refractivity contribution in [1.82, 2.24) is 14.2 Å². The van der Waals surface area contributed by atoms with Crippen molar-refractivity contribution in [2.24, 2.45) is 5.92 Å². The Morgan fingerprint density at radius 2 is 1.79 bits per heavy atom. The minimum Gasteiger partial charge on any atom is -0.308 e. The third kappa shape index (κ3) is 5.02. The SMILES string of the molecule is Cc1ccc(C)c2sc(N(CCN(C)C)C(=O)C3CCCN(S(=O)(=O)c4ccccc4)C3)nc12. The molecule has 9 heteroatoms. The Morgan fingerprint density at radius 3 is 2.47 bits per heavy atom. The van der Waals surface area contributed by atoms with E-state index >= 15 is 0 Å². The van der Waals surface area contributed by atoms with Gasteiger partial charge in [-0.2, -0.15) is 4.31 Å². The molecule has 2 heterocycles. The van der Waals surface area contributed by atoms with Gasteiger partial charge in [0, 0.05) is 26.2 Å². The van der Waals surface area contributed by atoms with E-state index in [9.17, 15) is 13.2 Å². The fraction of sp³-hybridized carbons (Fsp3) is 0.440. The number of likely N-dealkylation sites (N-methyl/N-ethyl adjacent to an activating group) is 1. The summed E-state index contributed by atoms with van der Waals surface area (Å²) in [5.41, 5.74) is 3.16. The van der Waals surface area contributed by atoms with Crippen molar-refractivity contribution >= 4 is 42.6 Å². The van der Waals surface area contributed by atoms with Crippen LogP contribution in [0, 0.1) is 19.8 Å². The molecule has 0 aliphatic carbocycles. The van der Waals surface area contributed by atoms with Gasteiger partial charge in [0.2, 0.25) is 15.9 Å². The molecule has 1 amide bonds. The maximum atomic E-state index is 13.8. The van der Waals surface area contributed by atoms with Gasteiger partial charge >= 0.3 is 0 Å². The molecule has 7 nitrogen and oxygen atoms in total. The number of hydrogen-bond donors (Lipinski definition) is 0. The van der Waals surface area contributed by atoms with E-state index in [1.165, 1.54) is 15.6 Å². The number of benzene rings is 2. The Morgan fingerprint density at radius 1 is 1.09 bits per heavy atom. The number of sulfonamides is 1. The summed E-state index contributed by atoms with van der Waals surface area (Å²) in [4.78, 5) is 22.8. The minimum atomic E-state index is -3.63. The van der Waals surface area contributed by atoms with E-state index in [0.717, 1.165) is 21.3 Å². The number of rotatable bonds is 7. The molecule has 1 atom stereocenters. The van der Waals surface area contributed by atoms with E-state index in [2.05, 4.69) is 19.1 Å². The van der Waals surface area contributed by atoms with E-state index in [1.807, 2.05) is 25.9 Å². The Balaban J connectivity index is 1.63. The predicted octanol–water partition coefficient (Wildman–Crippen LogP) is 3.91. The third-order valence-corrected chi connectivity index (χ3v) is 9.41. The van der Waals surface area contributed by atoms with Crippen molar-refractivity contribution in [1.29, 1.82) is 0 Å². The first-order chi connectivity index (χ1) is 16.2. The first-order valence-corrected chi connectivity index (χ1v) is 13.8. The van der Waals surface area contributed by atoms with Gasteiger partial charge in [-0.25, -0.2) is 13.4 Å². The molecule has 1 aliphatic heterocycles. The molecule has 4 rings (SSSR count). The van der Waals surface area contributed by atoms with Gasteiger partial charge in [-0.3, -0.25) is 9.69 Å². The number of aryl methyl sites for hydroxylation is 2. The maximum absolute atomic E-state index is 13.8. The lowest BCUT2D eigenvalue weighted by atomic mass is 9.98. The summed E-state index contributed by atoms with van der Waals surface area (Å²) < 4.78 is 28.9. The average molecular weight is 501 g/mol. The summed E-state index contributed by atoms with van der Waals surface area (Å²) in [5, 5.41) is 0.683. The van der Waals surface area contributed by atoms with Crippen molar-refractivity contribution in [3.05, 3.63) is 53.6 Å². The largest absolute Gasteiger partial charge is 0.308 e. The van der Waals surface area contributed by atoms with Crippen LogP contribution in [0.4, 0.5) is 5.13 Å². The molecular formula is C25H32N4O3S2. The van der Waals surface area contributed by atoms with Crippen LogP contribution < -0.4 is 4.90 Å². The summed E-state index contributed by atoms with van der Waals surface area (Å²) in [6.07, 6.45) is 1.32. The molecule has 3 aromatic rings. The van der Waals surface area contributed by atoms with Crippen LogP contribution in [0.2, 0.25) is 0 Å². The second kappa shape index (κ2) is 10.1. The van der Waals surface area contributed by atoms with Crippen LogP contribution in [0.5, 0.6) is 0 Å². The number of hydrogen-bond acceptors (Lipinski definition) is 6. The minimum absolute atomic E-state index is 0.0517. The van der Waals surface area contributed by atoms with Crippen LogP contribution in [0.15, 0.2) is 47.4 Å². The molecular weight excluding hydrogens is 468 g/mol. The number of aromatic nitrogens is 1. The van der Waals surface area contributed by atoms with Gasteiger partial charge in [0.15, 0.2) is 5.13 Å². The number of piperidine rings is 1. The number of carbonyl (C=O) groups is 1. The molecule has 2 aromatic carbocycles. The Bertz CT molecular complexity index is 1230. The monoisotopic (exact) mass is 500 g/mol. The van der Waals surface area contributed by atoms with E-state index in [-0.39, 0.29) is 17.3 Å². The second-order valence-electron chi connectivity index (χ2n) is 9.18. The van der Waals surface area contributed by atoms with Crippen molar-refractivity contribution in [3.8, 4) is 0 Å². The highest BCUT2D eigenvalue weighted by Gasteiger charge is 2.36. The van der Waals surface area contributed by atoms with Crippen molar-refractivity contribution in [2.75, 3.05) is 45.2 Å². The van der Waals surface area contributed by atoms with Crippen LogP contribution in [0.3, 0.4) is 0 Å². The molecule has 182 valence electrons. The van der Waals surface area contributed by atoms with Gasteiger partial charge in [0.25, 0.3) is 0 Å². The molecule has 1 aromatic heterocycles. The van der Waals surface area contributed by atoms with E-state index in [0.29, 0.717) is 37.6 Å². The summed E-state index contributed by atoms with van der Waals surface area (Å²) >= 11 is 1.54. The first-order valence-electron chi connectivity index (χ1n) is 11.6. The fourth-order valence-corrected chi connectivity index (χ4v) is 6.98. The highest BCUT2D eigenvalue weighted by molar-refractivity contribution is 7.89. The number of thiazole rings is 1. The van der Waals surface area contributed by atoms with Crippen LogP contribution in [0.25, 0.3) is 10.2 Å². The lowest BCUT2D eigenvalue weighted by Crippen LogP contribution is -2.48. The first kappa shape index (κ1) is 24.8. The number of carbonyl (C=O) groups excluding carboxylic acids is 1. The normalized spacial score (nSPS) is 17.4. The zero-order valence-electron chi connectivity index (χ0n) is 20.2. The highest BCUT2D eigenvalue weighted by Crippen LogP contribution is 2.34. The number of nitrogens with zero attached hydrogens (tertiary/aromatic N) is 4. The lowest BCUT2D eigenvalue weighted by Gasteiger charge is -2.34. The second-order valence-corrected chi connectivity index (χ2v) is 12.1. The highest BCUT2D eigenvalue weighted by atomic mass is 32.2. The van der Waals surface area contributed by atoms with Crippen molar-refractivity contribution in [3.63, 3.8) is 0 Å². The standard InChI is InChI=1S/C25H32N4O3S2/c1-18-12-13-19(2)23-22(18)26-25(33-23)29(16-15-27(3)4)24(30)20-9-8-14-28(17-20)34(31,32)21-10-6-5-7-11-21/h5-7,10-13,20H,8-9,14-17H2,1-4H3. The van der Waals surface area contributed by atoms with Crippen LogP contribution in [-0.2, 0) is 14.8 Å². The average Bonchev–Trinajstić information content (AvgIpc) is 3.28. The van der Waals surface area contributed by atoms with Gasteiger partial charge < -0.3 is 4.90 Å². The van der Waals surface area contributed by atoms with Crippen LogP contribution in [0.1, 0.15) is 24.0 Å². The predicted molar refractivity (Wildman–Crippen MR) is 138 cm³/mol. The van der Waals surface area contributed by atoms with Gasteiger partial charge in [0.1, 0.15) is 0 Å². The van der Waals surface area contributed by atoms with Gasteiger partial charge in [0.05, 0.1) is 21.0 Å². The van der Waals surface area contributed by atoms with Gasteiger partial charge in [-0.05, 0) is 64.0 Å².